The van der Waals surface area contributed by atoms with E-state index >= 15 is 0 Å². The molecule has 0 spiro atoms. The van der Waals surface area contributed by atoms with E-state index in [-0.39, 0.29) is 17.0 Å². The molecule has 1 unspecified atom stereocenters. The number of benzene rings is 2. The lowest BCUT2D eigenvalue weighted by atomic mass is 9.98. The maximum Gasteiger partial charge on any atom is 0.417 e. The van der Waals surface area contributed by atoms with E-state index in [4.69, 9.17) is 9.16 Å². The molecule has 1 aliphatic rings. The van der Waals surface area contributed by atoms with Crippen molar-refractivity contribution in [1.82, 2.24) is 0 Å². The molecule has 0 aliphatic carbocycles. The van der Waals surface area contributed by atoms with Crippen molar-refractivity contribution in [3.05, 3.63) is 41.5 Å². The van der Waals surface area contributed by atoms with Crippen LogP contribution in [0, 0.1) is 0 Å². The average molecular weight is 396 g/mol. The van der Waals surface area contributed by atoms with Crippen LogP contribution in [0.25, 0.3) is 10.8 Å². The molecule has 2 aromatic rings. The van der Waals surface area contributed by atoms with Crippen LogP contribution in [0.4, 0.5) is 13.2 Å². The molecule has 2 aromatic carbocycles. The summed E-state index contributed by atoms with van der Waals surface area (Å²) >= 11 is 0. The minimum Gasteiger partial charge on any atom is -0.426 e. The van der Waals surface area contributed by atoms with E-state index in [0.29, 0.717) is 16.7 Å². The molecule has 3 rings (SSSR count). The smallest absolute Gasteiger partial charge is 0.417 e. The van der Waals surface area contributed by atoms with Crippen LogP contribution in [0.3, 0.4) is 0 Å². The van der Waals surface area contributed by atoms with Crippen molar-refractivity contribution in [2.45, 2.75) is 57.6 Å². The lowest BCUT2D eigenvalue weighted by Crippen LogP contribution is -2.44. The average Bonchev–Trinajstić information content (AvgIpc) is 2.91. The molecule has 0 fully saturated rings. The number of alkyl halides is 3. The van der Waals surface area contributed by atoms with Crippen molar-refractivity contribution >= 4 is 25.1 Å². The first-order valence-electron chi connectivity index (χ1n) is 8.80. The van der Waals surface area contributed by atoms with Crippen LogP contribution in [0.15, 0.2) is 30.3 Å². The summed E-state index contributed by atoms with van der Waals surface area (Å²) in [7, 11) is -2.66. The third-order valence-electron chi connectivity index (χ3n) is 5.48. The molecule has 146 valence electrons. The van der Waals surface area contributed by atoms with Crippen molar-refractivity contribution in [3.8, 4) is 5.75 Å². The molecule has 0 saturated heterocycles. The van der Waals surface area contributed by atoms with Crippen LogP contribution in [0.1, 0.15) is 38.0 Å². The van der Waals surface area contributed by atoms with E-state index in [0.717, 1.165) is 5.39 Å². The Morgan fingerprint density at radius 3 is 2.33 bits per heavy atom. The standard InChI is InChI=1S/C20H23F3O3Si/c1-19(2,3)27(4,5)26-18(20(21,22)23)13-7-6-12-8-9-16-15(14(12)10-13)11-17(24)25-16/h6-10,18H,11H2,1-5H3. The number of rotatable bonds is 3. The topological polar surface area (TPSA) is 35.5 Å². The fourth-order valence-corrected chi connectivity index (χ4v) is 4.13. The van der Waals surface area contributed by atoms with Gasteiger partial charge in [0.2, 0.25) is 0 Å². The lowest BCUT2D eigenvalue weighted by Gasteiger charge is -2.39. The van der Waals surface area contributed by atoms with Crippen LogP contribution in [0.2, 0.25) is 18.1 Å². The van der Waals surface area contributed by atoms with Gasteiger partial charge in [0.15, 0.2) is 14.4 Å². The molecule has 0 amide bonds. The molecular weight excluding hydrogens is 373 g/mol. The molecular formula is C20H23F3O3Si. The summed E-state index contributed by atoms with van der Waals surface area (Å²) in [6.45, 7) is 9.32. The summed E-state index contributed by atoms with van der Waals surface area (Å²) in [5.41, 5.74) is 0.681. The summed E-state index contributed by atoms with van der Waals surface area (Å²) in [5, 5.41) is 1.02. The Bertz CT molecular complexity index is 898. The number of carbonyl (C=O) groups excluding carboxylic acids is 1. The van der Waals surface area contributed by atoms with Crippen molar-refractivity contribution in [3.63, 3.8) is 0 Å². The number of esters is 1. The second-order valence-corrected chi connectivity index (χ2v) is 13.2. The van der Waals surface area contributed by atoms with Gasteiger partial charge in [0.05, 0.1) is 6.42 Å². The normalized spacial score (nSPS) is 16.4. The number of hydrogen-bond donors (Lipinski definition) is 0. The van der Waals surface area contributed by atoms with Gasteiger partial charge >= 0.3 is 12.1 Å². The Labute approximate surface area is 157 Å². The first kappa shape index (κ1) is 19.9. The highest BCUT2D eigenvalue weighted by atomic mass is 28.4. The summed E-state index contributed by atoms with van der Waals surface area (Å²) in [6, 6.07) is 8.00. The fraction of sp³-hybridized carbons (Fsp3) is 0.450. The highest BCUT2D eigenvalue weighted by molar-refractivity contribution is 6.74. The van der Waals surface area contributed by atoms with E-state index in [9.17, 15) is 18.0 Å². The number of ether oxygens (including phenoxy) is 1. The third-order valence-corrected chi connectivity index (χ3v) is 9.92. The van der Waals surface area contributed by atoms with Crippen LogP contribution in [-0.2, 0) is 15.6 Å². The van der Waals surface area contributed by atoms with E-state index in [1.807, 2.05) is 20.8 Å². The number of hydrogen-bond acceptors (Lipinski definition) is 3. The SMILES string of the molecule is CC(C)(C)[Si](C)(C)OC(c1ccc2ccc3c(c2c1)CC(=O)O3)C(F)(F)F. The Hall–Kier alpha value is -1.86. The number of carbonyl (C=O) groups is 1. The Morgan fingerprint density at radius 2 is 1.74 bits per heavy atom. The summed E-state index contributed by atoms with van der Waals surface area (Å²) in [5.74, 6) is 0.0197. The fourth-order valence-electron chi connectivity index (χ4n) is 2.92. The molecule has 27 heavy (non-hydrogen) atoms. The highest BCUT2D eigenvalue weighted by Gasteiger charge is 2.48. The zero-order valence-corrected chi connectivity index (χ0v) is 17.0. The van der Waals surface area contributed by atoms with E-state index < -0.39 is 26.6 Å². The molecule has 1 aliphatic heterocycles. The largest absolute Gasteiger partial charge is 0.426 e. The molecule has 3 nitrogen and oxygen atoms in total. The zero-order valence-electron chi connectivity index (χ0n) is 16.0. The second-order valence-electron chi connectivity index (χ2n) is 8.47. The molecule has 0 bridgehead atoms. The maximum absolute atomic E-state index is 13.9. The van der Waals surface area contributed by atoms with Crippen molar-refractivity contribution in [2.24, 2.45) is 0 Å². The summed E-state index contributed by atoms with van der Waals surface area (Å²) < 4.78 is 52.5. The van der Waals surface area contributed by atoms with Crippen LogP contribution < -0.4 is 4.74 Å². The van der Waals surface area contributed by atoms with Gasteiger partial charge in [0, 0.05) is 5.56 Å². The van der Waals surface area contributed by atoms with Crippen molar-refractivity contribution in [2.75, 3.05) is 0 Å². The minimum absolute atomic E-state index is 0.0487. The quantitative estimate of drug-likeness (QED) is 0.367. The zero-order chi connectivity index (χ0) is 20.2. The monoisotopic (exact) mass is 396 g/mol. The molecule has 0 saturated carbocycles. The van der Waals surface area contributed by atoms with Gasteiger partial charge in [0.1, 0.15) is 5.75 Å². The van der Waals surface area contributed by atoms with Gasteiger partial charge in [-0.1, -0.05) is 39.0 Å². The molecule has 0 radical (unpaired) electrons. The Kier molecular flexibility index (Phi) is 4.67. The van der Waals surface area contributed by atoms with Crippen LogP contribution in [-0.4, -0.2) is 20.5 Å². The molecule has 1 atom stereocenters. The molecule has 1 heterocycles. The molecule has 0 aromatic heterocycles. The maximum atomic E-state index is 13.9. The first-order chi connectivity index (χ1) is 12.3. The molecule has 0 N–H and O–H groups in total. The van der Waals surface area contributed by atoms with Gasteiger partial charge in [-0.15, -0.1) is 0 Å². The van der Waals surface area contributed by atoms with Crippen molar-refractivity contribution < 1.29 is 27.1 Å². The minimum atomic E-state index is -4.53. The van der Waals surface area contributed by atoms with Crippen LogP contribution >= 0.6 is 0 Å². The summed E-state index contributed by atoms with van der Waals surface area (Å²) in [6.07, 6.45) is -6.47. The van der Waals surface area contributed by atoms with Gasteiger partial charge in [-0.2, -0.15) is 13.2 Å². The molecule has 7 heteroatoms. The van der Waals surface area contributed by atoms with Gasteiger partial charge in [-0.25, -0.2) is 0 Å². The predicted octanol–water partition coefficient (Wildman–Crippen LogP) is 5.93. The third kappa shape index (κ3) is 3.75. The van der Waals surface area contributed by atoms with Gasteiger partial charge < -0.3 is 9.16 Å². The first-order valence-corrected chi connectivity index (χ1v) is 11.7. The van der Waals surface area contributed by atoms with Crippen molar-refractivity contribution in [1.29, 1.82) is 0 Å². The van der Waals surface area contributed by atoms with E-state index in [1.54, 1.807) is 31.3 Å². The van der Waals surface area contributed by atoms with E-state index in [1.165, 1.54) is 12.1 Å². The highest BCUT2D eigenvalue weighted by Crippen LogP contribution is 2.45. The summed E-state index contributed by atoms with van der Waals surface area (Å²) in [4.78, 5) is 11.6. The van der Waals surface area contributed by atoms with Gasteiger partial charge in [-0.3, -0.25) is 4.79 Å². The predicted molar refractivity (Wildman–Crippen MR) is 100 cm³/mol. The van der Waals surface area contributed by atoms with E-state index in [2.05, 4.69) is 0 Å². The number of fused-ring (bicyclic) bond motifs is 3. The lowest BCUT2D eigenvalue weighted by molar-refractivity contribution is -0.201. The second kappa shape index (κ2) is 6.34. The van der Waals surface area contributed by atoms with Crippen LogP contribution in [0.5, 0.6) is 5.75 Å². The Balaban J connectivity index is 2.09. The van der Waals surface area contributed by atoms with Gasteiger partial charge in [-0.05, 0) is 46.6 Å². The van der Waals surface area contributed by atoms with Gasteiger partial charge in [0.25, 0.3) is 0 Å². The Morgan fingerprint density at radius 1 is 1.11 bits per heavy atom. The number of halogens is 3.